The van der Waals surface area contributed by atoms with E-state index in [-0.39, 0.29) is 18.2 Å². The first-order valence-corrected chi connectivity index (χ1v) is 13.0. The molecule has 2 aromatic rings. The molecule has 6 nitrogen and oxygen atoms in total. The molecule has 0 radical (unpaired) electrons. The van der Waals surface area contributed by atoms with Crippen LogP contribution in [0.4, 0.5) is 0 Å². The molecular weight excluding hydrogens is 466 g/mol. The van der Waals surface area contributed by atoms with Gasteiger partial charge in [-0.3, -0.25) is 9.59 Å². The van der Waals surface area contributed by atoms with Crippen molar-refractivity contribution in [2.24, 2.45) is 16.7 Å². The largest absolute Gasteiger partial charge is 0.480 e. The van der Waals surface area contributed by atoms with Gasteiger partial charge in [0.05, 0.1) is 11.8 Å². The summed E-state index contributed by atoms with van der Waals surface area (Å²) < 4.78 is 5.53. The first-order valence-electron chi connectivity index (χ1n) is 13.0. The normalized spacial score (nSPS) is 20.1. The Balaban J connectivity index is 1.75. The molecule has 3 rings (SSSR count). The fourth-order valence-corrected chi connectivity index (χ4v) is 5.06. The molecule has 1 amide bonds. The molecule has 0 bridgehead atoms. The number of carboxylic acids is 1. The molecule has 1 saturated carbocycles. The second-order valence-electron chi connectivity index (χ2n) is 12.5. The van der Waals surface area contributed by atoms with Crippen LogP contribution in [0.5, 0.6) is 0 Å². The van der Waals surface area contributed by atoms with Crippen molar-refractivity contribution in [3.63, 3.8) is 0 Å². The monoisotopic (exact) mass is 507 g/mol. The van der Waals surface area contributed by atoms with E-state index >= 15 is 0 Å². The summed E-state index contributed by atoms with van der Waals surface area (Å²) in [6.07, 6.45) is 1.98. The van der Waals surface area contributed by atoms with Crippen LogP contribution >= 0.6 is 0 Å². The van der Waals surface area contributed by atoms with Crippen molar-refractivity contribution >= 4 is 17.8 Å². The number of esters is 1. The Kier molecular flexibility index (Phi) is 8.21. The number of rotatable bonds is 9. The number of nitrogens with one attached hydrogen (secondary N) is 1. The lowest BCUT2D eigenvalue weighted by Crippen LogP contribution is -2.52. The first kappa shape index (κ1) is 28.4. The van der Waals surface area contributed by atoms with Crippen LogP contribution in [0.2, 0.25) is 0 Å². The molecule has 0 aliphatic heterocycles. The van der Waals surface area contributed by atoms with E-state index in [1.807, 2.05) is 18.2 Å². The van der Waals surface area contributed by atoms with Crippen molar-refractivity contribution in [2.45, 2.75) is 85.8 Å². The minimum Gasteiger partial charge on any atom is -0.480 e. The number of benzene rings is 2. The van der Waals surface area contributed by atoms with Gasteiger partial charge in [0.25, 0.3) is 0 Å². The van der Waals surface area contributed by atoms with Gasteiger partial charge < -0.3 is 15.2 Å². The smallest absolute Gasteiger partial charge is 0.326 e. The van der Waals surface area contributed by atoms with E-state index in [9.17, 15) is 19.5 Å². The third-order valence-corrected chi connectivity index (χ3v) is 7.11. The number of aryl methyl sites for hydroxylation is 2. The lowest BCUT2D eigenvalue weighted by molar-refractivity contribution is -0.158. The summed E-state index contributed by atoms with van der Waals surface area (Å²) in [6, 6.07) is 15.6. The highest BCUT2D eigenvalue weighted by atomic mass is 16.6. The molecule has 37 heavy (non-hydrogen) atoms. The maximum Gasteiger partial charge on any atom is 0.326 e. The maximum atomic E-state index is 13.5. The van der Waals surface area contributed by atoms with Crippen molar-refractivity contribution in [1.29, 1.82) is 0 Å². The zero-order chi connectivity index (χ0) is 27.6. The van der Waals surface area contributed by atoms with Crippen LogP contribution in [0.1, 0.15) is 71.9 Å². The van der Waals surface area contributed by atoms with Gasteiger partial charge in [0.15, 0.2) is 0 Å². The predicted octanol–water partition coefficient (Wildman–Crippen LogP) is 5.95. The Labute approximate surface area is 220 Å². The summed E-state index contributed by atoms with van der Waals surface area (Å²) in [5.74, 6) is -1.92. The van der Waals surface area contributed by atoms with E-state index in [1.165, 1.54) is 22.3 Å². The highest BCUT2D eigenvalue weighted by Gasteiger charge is 2.61. The fourth-order valence-electron chi connectivity index (χ4n) is 5.06. The van der Waals surface area contributed by atoms with E-state index in [1.54, 1.807) is 41.5 Å². The molecule has 0 heterocycles. The second kappa shape index (κ2) is 10.7. The van der Waals surface area contributed by atoms with E-state index in [0.29, 0.717) is 6.42 Å². The number of aliphatic carboxylic acids is 1. The van der Waals surface area contributed by atoms with E-state index in [0.717, 1.165) is 12.8 Å². The molecule has 1 aliphatic carbocycles. The average Bonchev–Trinajstić information content (AvgIpc) is 3.47. The summed E-state index contributed by atoms with van der Waals surface area (Å²) in [6.45, 7) is 12.8. The number of hydrogen-bond acceptors (Lipinski definition) is 4. The van der Waals surface area contributed by atoms with Crippen LogP contribution in [-0.4, -0.2) is 34.6 Å². The zero-order valence-electron chi connectivity index (χ0n) is 23.2. The van der Waals surface area contributed by atoms with Gasteiger partial charge in [-0.05, 0) is 80.5 Å². The summed E-state index contributed by atoms with van der Waals surface area (Å²) in [4.78, 5) is 38.1. The van der Waals surface area contributed by atoms with E-state index in [4.69, 9.17) is 4.74 Å². The predicted molar refractivity (Wildman–Crippen MR) is 145 cm³/mol. The second-order valence-corrected chi connectivity index (χ2v) is 12.5. The third kappa shape index (κ3) is 7.21. The highest BCUT2D eigenvalue weighted by Crippen LogP contribution is 2.58. The Bertz CT molecular complexity index is 1140. The number of carbonyl (C=O) groups excluding carboxylic acids is 2. The lowest BCUT2D eigenvalue weighted by Gasteiger charge is -2.30. The molecule has 2 aromatic carbocycles. The van der Waals surface area contributed by atoms with Crippen molar-refractivity contribution in [3.8, 4) is 11.1 Å². The number of carbonyl (C=O) groups is 3. The molecule has 2 N–H and O–H groups in total. The van der Waals surface area contributed by atoms with Crippen LogP contribution in [0.15, 0.2) is 48.5 Å². The minimum absolute atomic E-state index is 0.0245. The molecule has 0 saturated heterocycles. The molecular formula is C31H41NO5. The van der Waals surface area contributed by atoms with Crippen LogP contribution in [0.25, 0.3) is 11.1 Å². The molecule has 1 aliphatic rings. The third-order valence-electron chi connectivity index (χ3n) is 7.11. The zero-order valence-corrected chi connectivity index (χ0v) is 23.2. The van der Waals surface area contributed by atoms with Crippen LogP contribution < -0.4 is 5.32 Å². The molecule has 200 valence electrons. The Hall–Kier alpha value is -3.15. The van der Waals surface area contributed by atoms with Crippen molar-refractivity contribution < 1.29 is 24.2 Å². The highest BCUT2D eigenvalue weighted by molar-refractivity contribution is 5.93. The van der Waals surface area contributed by atoms with Crippen molar-refractivity contribution in [2.75, 3.05) is 0 Å². The maximum absolute atomic E-state index is 13.5. The first-order chi connectivity index (χ1) is 17.1. The summed E-state index contributed by atoms with van der Waals surface area (Å²) in [5.41, 5.74) is 2.45. The van der Waals surface area contributed by atoms with Gasteiger partial charge in [-0.1, -0.05) is 69.3 Å². The Morgan fingerprint density at radius 3 is 2.24 bits per heavy atom. The minimum atomic E-state index is -1.08. The molecule has 6 heteroatoms. The summed E-state index contributed by atoms with van der Waals surface area (Å²) >= 11 is 0. The molecule has 2 unspecified atom stereocenters. The standard InChI is InChI=1S/C31H41NO5/c1-20-17-21(14-16-24(20)22-11-9-8-10-12-22)13-15-23-18-31(23,19-25(33)37-30(5,6)7)28(36)32-26(27(34)35)29(2,3)4/h8-12,14,16-17,23,26H,13,15,18-19H2,1-7H3,(H,32,36)(H,34,35)/t23?,26-,31?/m1/s1. The van der Waals surface area contributed by atoms with Gasteiger partial charge in [0, 0.05) is 0 Å². The summed E-state index contributed by atoms with van der Waals surface area (Å²) in [7, 11) is 0. The van der Waals surface area contributed by atoms with Gasteiger partial charge in [0.2, 0.25) is 5.91 Å². The van der Waals surface area contributed by atoms with Crippen LogP contribution in [0.3, 0.4) is 0 Å². The molecule has 0 spiro atoms. The van der Waals surface area contributed by atoms with Crippen LogP contribution in [-0.2, 0) is 25.5 Å². The van der Waals surface area contributed by atoms with E-state index < -0.39 is 34.4 Å². The number of ether oxygens (including phenoxy) is 1. The number of hydrogen-bond donors (Lipinski definition) is 2. The van der Waals surface area contributed by atoms with Gasteiger partial charge in [-0.2, -0.15) is 0 Å². The van der Waals surface area contributed by atoms with Crippen LogP contribution in [0, 0.1) is 23.7 Å². The van der Waals surface area contributed by atoms with Crippen molar-refractivity contribution in [3.05, 3.63) is 59.7 Å². The Morgan fingerprint density at radius 2 is 1.70 bits per heavy atom. The van der Waals surface area contributed by atoms with Gasteiger partial charge in [0.1, 0.15) is 11.6 Å². The molecule has 1 fully saturated rings. The van der Waals surface area contributed by atoms with Gasteiger partial charge >= 0.3 is 11.9 Å². The topological polar surface area (TPSA) is 92.7 Å². The number of amides is 1. The SMILES string of the molecule is Cc1cc(CCC2CC2(CC(=O)OC(C)(C)C)C(=O)N[C@H](C(=O)O)C(C)(C)C)ccc1-c1ccccc1. The number of carboxylic acid groups (broad SMARTS) is 1. The fraction of sp³-hybridized carbons (Fsp3) is 0.516. The lowest BCUT2D eigenvalue weighted by atomic mass is 9.85. The van der Waals surface area contributed by atoms with E-state index in [2.05, 4.69) is 42.6 Å². The Morgan fingerprint density at radius 1 is 1.05 bits per heavy atom. The summed E-state index contributed by atoms with van der Waals surface area (Å²) in [5, 5.41) is 12.5. The quantitative estimate of drug-likeness (QED) is 0.409. The average molecular weight is 508 g/mol. The van der Waals surface area contributed by atoms with Gasteiger partial charge in [-0.25, -0.2) is 4.79 Å². The molecule has 3 atom stereocenters. The van der Waals surface area contributed by atoms with Crippen molar-refractivity contribution in [1.82, 2.24) is 5.32 Å². The molecule has 0 aromatic heterocycles. The van der Waals surface area contributed by atoms with Gasteiger partial charge in [-0.15, -0.1) is 0 Å².